The van der Waals surface area contributed by atoms with Gasteiger partial charge in [-0.25, -0.2) is 0 Å². The van der Waals surface area contributed by atoms with Crippen LogP contribution in [-0.4, -0.2) is 13.7 Å². The summed E-state index contributed by atoms with van der Waals surface area (Å²) in [6, 6.07) is 17.1. The van der Waals surface area contributed by atoms with Crippen LogP contribution in [0.25, 0.3) is 0 Å². The van der Waals surface area contributed by atoms with E-state index in [1.807, 2.05) is 0 Å². The van der Waals surface area contributed by atoms with E-state index in [0.29, 0.717) is 0 Å². The summed E-state index contributed by atoms with van der Waals surface area (Å²) in [5.74, 6) is 0.912. The van der Waals surface area contributed by atoms with Crippen molar-refractivity contribution in [1.29, 1.82) is 0 Å². The van der Waals surface area contributed by atoms with Crippen molar-refractivity contribution >= 4 is 21.6 Å². The number of rotatable bonds is 13. The van der Waals surface area contributed by atoms with Crippen molar-refractivity contribution in [2.24, 2.45) is 0 Å². The molecule has 0 bridgehead atoms. The third kappa shape index (κ3) is 8.38. The van der Waals surface area contributed by atoms with Gasteiger partial charge in [-0.15, -0.1) is 0 Å². The zero-order chi connectivity index (χ0) is 19.3. The monoisotopic (exact) mass is 431 g/mol. The van der Waals surface area contributed by atoms with E-state index >= 15 is 0 Å². The van der Waals surface area contributed by atoms with Gasteiger partial charge in [0.25, 0.3) is 0 Å². The van der Waals surface area contributed by atoms with Crippen molar-refractivity contribution < 1.29 is 4.74 Å². The molecule has 0 radical (unpaired) electrons. The summed E-state index contributed by atoms with van der Waals surface area (Å²) >= 11 is 3.53. The highest BCUT2D eigenvalue weighted by molar-refractivity contribution is 9.10. The summed E-state index contributed by atoms with van der Waals surface area (Å²) in [4.78, 5) is 2.49. The second kappa shape index (κ2) is 12.8. The normalized spacial score (nSPS) is 10.8. The largest absolute Gasteiger partial charge is 0.497 e. The number of methoxy groups -OCH3 is 1. The Morgan fingerprint density at radius 3 is 1.96 bits per heavy atom. The van der Waals surface area contributed by atoms with Crippen molar-refractivity contribution in [3.05, 3.63) is 58.6 Å². The Bertz CT molecular complexity index is 624. The number of anilines is 1. The Labute approximate surface area is 174 Å². The van der Waals surface area contributed by atoms with Crippen LogP contribution < -0.4 is 9.64 Å². The Kier molecular flexibility index (Phi) is 10.4. The average Bonchev–Trinajstić information content (AvgIpc) is 2.70. The Morgan fingerprint density at radius 1 is 0.778 bits per heavy atom. The molecule has 2 nitrogen and oxygen atoms in total. The molecule has 0 aliphatic heterocycles. The van der Waals surface area contributed by atoms with Crippen LogP contribution in [0.5, 0.6) is 5.75 Å². The highest BCUT2D eigenvalue weighted by atomic mass is 79.9. The van der Waals surface area contributed by atoms with Gasteiger partial charge < -0.3 is 9.64 Å². The van der Waals surface area contributed by atoms with Crippen LogP contribution in [0, 0.1) is 0 Å². The SMILES string of the molecule is CCCCCCCCCCN(Cc1ccc(Br)cc1)c1ccc(OC)cc1. The van der Waals surface area contributed by atoms with Gasteiger partial charge in [-0.3, -0.25) is 0 Å². The fraction of sp³-hybridized carbons (Fsp3) is 0.500. The molecule has 0 aromatic heterocycles. The van der Waals surface area contributed by atoms with Crippen molar-refractivity contribution in [2.75, 3.05) is 18.6 Å². The van der Waals surface area contributed by atoms with Crippen LogP contribution in [-0.2, 0) is 6.54 Å². The summed E-state index contributed by atoms with van der Waals surface area (Å²) in [6.07, 6.45) is 10.8. The third-order valence-electron chi connectivity index (χ3n) is 5.01. The quantitative estimate of drug-likeness (QED) is 0.302. The summed E-state index contributed by atoms with van der Waals surface area (Å²) in [5.41, 5.74) is 2.61. The maximum Gasteiger partial charge on any atom is 0.119 e. The van der Waals surface area contributed by atoms with Crippen LogP contribution >= 0.6 is 15.9 Å². The first kappa shape index (κ1) is 21.8. The van der Waals surface area contributed by atoms with Gasteiger partial charge in [0.1, 0.15) is 5.75 Å². The standard InChI is InChI=1S/C24H34BrNO/c1-3-4-5-6-7-8-9-10-19-26(20-21-11-13-22(25)14-12-21)23-15-17-24(27-2)18-16-23/h11-18H,3-10,19-20H2,1-2H3. The average molecular weight is 432 g/mol. The van der Waals surface area contributed by atoms with Gasteiger partial charge in [0.2, 0.25) is 0 Å². The second-order valence-electron chi connectivity index (χ2n) is 7.22. The minimum absolute atomic E-state index is 0.912. The first-order chi connectivity index (χ1) is 13.2. The number of nitrogens with zero attached hydrogens (tertiary/aromatic N) is 1. The molecule has 3 heteroatoms. The number of unbranched alkanes of at least 4 members (excludes halogenated alkanes) is 7. The van der Waals surface area contributed by atoms with Crippen molar-refractivity contribution in [1.82, 2.24) is 0 Å². The predicted molar refractivity (Wildman–Crippen MR) is 121 cm³/mol. The summed E-state index contributed by atoms with van der Waals surface area (Å²) < 4.78 is 6.44. The highest BCUT2D eigenvalue weighted by Crippen LogP contribution is 2.23. The van der Waals surface area contributed by atoms with E-state index in [4.69, 9.17) is 4.74 Å². The smallest absolute Gasteiger partial charge is 0.119 e. The van der Waals surface area contributed by atoms with Crippen LogP contribution in [0.4, 0.5) is 5.69 Å². The van der Waals surface area contributed by atoms with Gasteiger partial charge in [0, 0.05) is 23.2 Å². The fourth-order valence-electron chi connectivity index (χ4n) is 3.34. The van der Waals surface area contributed by atoms with Crippen LogP contribution in [0.2, 0.25) is 0 Å². The molecule has 0 aliphatic rings. The number of halogens is 1. The molecular formula is C24H34BrNO. The van der Waals surface area contributed by atoms with Crippen LogP contribution in [0.15, 0.2) is 53.0 Å². The van der Waals surface area contributed by atoms with Gasteiger partial charge in [0.15, 0.2) is 0 Å². The molecule has 2 aromatic carbocycles. The molecule has 0 saturated heterocycles. The first-order valence-corrected chi connectivity index (χ1v) is 11.2. The molecule has 0 N–H and O–H groups in total. The Balaban J connectivity index is 1.88. The van der Waals surface area contributed by atoms with E-state index in [-0.39, 0.29) is 0 Å². The third-order valence-corrected chi connectivity index (χ3v) is 5.53. The number of hydrogen-bond acceptors (Lipinski definition) is 2. The molecular weight excluding hydrogens is 398 g/mol. The van der Waals surface area contributed by atoms with E-state index in [0.717, 1.165) is 23.3 Å². The zero-order valence-electron chi connectivity index (χ0n) is 16.9. The maximum absolute atomic E-state index is 5.31. The van der Waals surface area contributed by atoms with Crippen LogP contribution in [0.3, 0.4) is 0 Å². The molecule has 27 heavy (non-hydrogen) atoms. The molecule has 148 valence electrons. The number of benzene rings is 2. The van der Waals surface area contributed by atoms with Gasteiger partial charge in [-0.2, -0.15) is 0 Å². The van der Waals surface area contributed by atoms with E-state index < -0.39 is 0 Å². The lowest BCUT2D eigenvalue weighted by Gasteiger charge is -2.25. The topological polar surface area (TPSA) is 12.5 Å². The lowest BCUT2D eigenvalue weighted by Crippen LogP contribution is -2.23. The second-order valence-corrected chi connectivity index (χ2v) is 8.14. The lowest BCUT2D eigenvalue weighted by atomic mass is 10.1. The number of ether oxygens (including phenoxy) is 1. The molecule has 0 atom stereocenters. The molecule has 0 saturated carbocycles. The summed E-state index contributed by atoms with van der Waals surface area (Å²) in [6.45, 7) is 4.31. The molecule has 0 fully saturated rings. The summed E-state index contributed by atoms with van der Waals surface area (Å²) in [7, 11) is 1.72. The predicted octanol–water partition coefficient (Wildman–Crippen LogP) is 7.61. The lowest BCUT2D eigenvalue weighted by molar-refractivity contribution is 0.415. The minimum atomic E-state index is 0.912. The number of hydrogen-bond donors (Lipinski definition) is 0. The molecule has 0 unspecified atom stereocenters. The fourth-order valence-corrected chi connectivity index (χ4v) is 3.60. The Morgan fingerprint density at radius 2 is 1.37 bits per heavy atom. The van der Waals surface area contributed by atoms with Gasteiger partial charge in [-0.05, 0) is 48.4 Å². The summed E-state index contributed by atoms with van der Waals surface area (Å²) in [5, 5.41) is 0. The molecule has 0 aliphatic carbocycles. The Hall–Kier alpha value is -1.48. The van der Waals surface area contributed by atoms with Crippen LogP contribution in [0.1, 0.15) is 63.9 Å². The van der Waals surface area contributed by atoms with Crippen molar-refractivity contribution in [2.45, 2.75) is 64.8 Å². The highest BCUT2D eigenvalue weighted by Gasteiger charge is 2.08. The molecule has 2 aromatic rings. The first-order valence-electron chi connectivity index (χ1n) is 10.4. The minimum Gasteiger partial charge on any atom is -0.497 e. The maximum atomic E-state index is 5.31. The molecule has 0 amide bonds. The van der Waals surface area contributed by atoms with Crippen molar-refractivity contribution in [3.8, 4) is 5.75 Å². The van der Waals surface area contributed by atoms with E-state index in [9.17, 15) is 0 Å². The van der Waals surface area contributed by atoms with Gasteiger partial charge >= 0.3 is 0 Å². The molecule has 0 heterocycles. The van der Waals surface area contributed by atoms with Gasteiger partial charge in [-0.1, -0.05) is 79.9 Å². The molecule has 2 rings (SSSR count). The molecule has 0 spiro atoms. The van der Waals surface area contributed by atoms with Crippen molar-refractivity contribution in [3.63, 3.8) is 0 Å². The van der Waals surface area contributed by atoms with E-state index in [1.165, 1.54) is 62.6 Å². The van der Waals surface area contributed by atoms with E-state index in [2.05, 4.69) is 76.3 Å². The zero-order valence-corrected chi connectivity index (χ0v) is 18.5. The van der Waals surface area contributed by atoms with E-state index in [1.54, 1.807) is 7.11 Å². The van der Waals surface area contributed by atoms with Gasteiger partial charge in [0.05, 0.1) is 7.11 Å².